The highest BCUT2D eigenvalue weighted by atomic mass is 32.2. The molecule has 0 radical (unpaired) electrons. The number of nitrogens with zero attached hydrogens (tertiary/aromatic N) is 2. The first-order chi connectivity index (χ1) is 15.5. The van der Waals surface area contributed by atoms with Crippen LogP contribution >= 0.6 is 0 Å². The molecule has 9 nitrogen and oxygen atoms in total. The molecule has 0 bridgehead atoms. The summed E-state index contributed by atoms with van der Waals surface area (Å²) in [5.74, 6) is 0.0385. The monoisotopic (exact) mass is 478 g/mol. The number of sulfonamides is 1. The molecule has 0 spiro atoms. The molecule has 0 aliphatic rings. The average Bonchev–Trinajstić information content (AvgIpc) is 2.82. The maximum Gasteiger partial charge on any atom is 0.325 e. The van der Waals surface area contributed by atoms with Gasteiger partial charge in [-0.3, -0.25) is 9.59 Å². The molecule has 0 aliphatic carbocycles. The molecule has 0 atom stereocenters. The average molecular weight is 479 g/mol. The van der Waals surface area contributed by atoms with E-state index in [1.54, 1.807) is 32.0 Å². The Kier molecular flexibility index (Phi) is 8.84. The van der Waals surface area contributed by atoms with Crippen LogP contribution in [-0.4, -0.2) is 70.5 Å². The Balaban J connectivity index is 2.35. The zero-order valence-corrected chi connectivity index (χ0v) is 20.5. The molecule has 0 saturated carbocycles. The summed E-state index contributed by atoms with van der Waals surface area (Å²) in [4.78, 5) is 26.6. The van der Waals surface area contributed by atoms with Gasteiger partial charge in [0.1, 0.15) is 18.0 Å². The van der Waals surface area contributed by atoms with Crippen molar-refractivity contribution in [3.63, 3.8) is 0 Å². The van der Waals surface area contributed by atoms with Crippen LogP contribution in [0.25, 0.3) is 0 Å². The van der Waals surface area contributed by atoms with Crippen LogP contribution in [-0.2, 0) is 26.1 Å². The minimum Gasteiger partial charge on any atom is -0.497 e. The second-order valence-electron chi connectivity index (χ2n) is 7.60. The number of amides is 1. The zero-order valence-electron chi connectivity index (χ0n) is 19.7. The Morgan fingerprint density at radius 3 is 1.94 bits per heavy atom. The summed E-state index contributed by atoms with van der Waals surface area (Å²) in [6.45, 7) is 3.34. The molecule has 0 aliphatic heterocycles. The van der Waals surface area contributed by atoms with Crippen molar-refractivity contribution < 1.29 is 32.2 Å². The zero-order chi connectivity index (χ0) is 24.8. The SMILES string of the molecule is COC(=O)CN(Cc1cc(OC)cc(OC)c1)C(=O)c1ccc(S(=O)(=O)N(C)C(C)C)cc1. The first-order valence-electron chi connectivity index (χ1n) is 10.2. The molecule has 0 aromatic heterocycles. The fourth-order valence-electron chi connectivity index (χ4n) is 2.99. The summed E-state index contributed by atoms with van der Waals surface area (Å²) in [5.41, 5.74) is 0.918. The summed E-state index contributed by atoms with van der Waals surface area (Å²) in [5, 5.41) is 0. The van der Waals surface area contributed by atoms with Crippen molar-refractivity contribution in [1.29, 1.82) is 0 Å². The second-order valence-corrected chi connectivity index (χ2v) is 9.60. The van der Waals surface area contributed by atoms with Gasteiger partial charge in [0.05, 0.1) is 26.2 Å². The number of benzene rings is 2. The van der Waals surface area contributed by atoms with E-state index in [0.29, 0.717) is 17.1 Å². The number of esters is 1. The maximum atomic E-state index is 13.2. The van der Waals surface area contributed by atoms with Crippen LogP contribution in [0.1, 0.15) is 29.8 Å². The molecule has 0 heterocycles. The van der Waals surface area contributed by atoms with Gasteiger partial charge in [-0.1, -0.05) is 0 Å². The van der Waals surface area contributed by atoms with Crippen molar-refractivity contribution in [3.8, 4) is 11.5 Å². The van der Waals surface area contributed by atoms with E-state index < -0.39 is 21.9 Å². The van der Waals surface area contributed by atoms with Crippen LogP contribution in [0.4, 0.5) is 0 Å². The van der Waals surface area contributed by atoms with E-state index in [1.165, 1.54) is 61.8 Å². The van der Waals surface area contributed by atoms with E-state index in [4.69, 9.17) is 14.2 Å². The van der Waals surface area contributed by atoms with Crippen molar-refractivity contribution in [1.82, 2.24) is 9.21 Å². The molecule has 0 fully saturated rings. The fraction of sp³-hybridized carbons (Fsp3) is 0.391. The van der Waals surface area contributed by atoms with Gasteiger partial charge in [0.25, 0.3) is 5.91 Å². The molecule has 2 rings (SSSR count). The highest BCUT2D eigenvalue weighted by molar-refractivity contribution is 7.89. The Hall–Kier alpha value is -3.11. The van der Waals surface area contributed by atoms with E-state index in [1.807, 2.05) is 0 Å². The quantitative estimate of drug-likeness (QED) is 0.484. The normalized spacial score (nSPS) is 11.4. The summed E-state index contributed by atoms with van der Waals surface area (Å²) < 4.78 is 41.9. The van der Waals surface area contributed by atoms with Crippen LogP contribution in [0, 0.1) is 0 Å². The number of ether oxygens (including phenoxy) is 3. The summed E-state index contributed by atoms with van der Waals surface area (Å²) in [6.07, 6.45) is 0. The lowest BCUT2D eigenvalue weighted by Crippen LogP contribution is -2.36. The lowest BCUT2D eigenvalue weighted by atomic mass is 10.1. The molecular formula is C23H30N2O7S. The van der Waals surface area contributed by atoms with E-state index in [0.717, 1.165) is 0 Å². The van der Waals surface area contributed by atoms with Gasteiger partial charge in [-0.15, -0.1) is 0 Å². The van der Waals surface area contributed by atoms with Crippen molar-refractivity contribution in [2.75, 3.05) is 34.9 Å². The highest BCUT2D eigenvalue weighted by Gasteiger charge is 2.25. The lowest BCUT2D eigenvalue weighted by molar-refractivity contribution is -0.141. The Labute approximate surface area is 194 Å². The van der Waals surface area contributed by atoms with Crippen LogP contribution in [0.2, 0.25) is 0 Å². The van der Waals surface area contributed by atoms with Gasteiger partial charge >= 0.3 is 5.97 Å². The molecule has 2 aromatic carbocycles. The van der Waals surface area contributed by atoms with Gasteiger partial charge in [0, 0.05) is 31.3 Å². The summed E-state index contributed by atoms with van der Waals surface area (Å²) in [7, 11) is 2.09. The highest BCUT2D eigenvalue weighted by Crippen LogP contribution is 2.24. The number of methoxy groups -OCH3 is 3. The van der Waals surface area contributed by atoms with E-state index in [9.17, 15) is 18.0 Å². The second kappa shape index (κ2) is 11.2. The van der Waals surface area contributed by atoms with Crippen molar-refractivity contribution >= 4 is 21.9 Å². The minimum atomic E-state index is -3.68. The standard InChI is InChI=1S/C23H30N2O7S/c1-16(2)24(3)33(28,29)21-9-7-18(8-10-21)23(27)25(15-22(26)32-6)14-17-11-19(30-4)13-20(12-17)31-5/h7-13,16H,14-15H2,1-6H3. The molecule has 2 aromatic rings. The lowest BCUT2D eigenvalue weighted by Gasteiger charge is -2.23. The third kappa shape index (κ3) is 6.45. The van der Waals surface area contributed by atoms with Crippen LogP contribution in [0.3, 0.4) is 0 Å². The fourth-order valence-corrected chi connectivity index (χ4v) is 4.36. The van der Waals surface area contributed by atoms with Crippen molar-refractivity contribution in [2.45, 2.75) is 31.3 Å². The predicted molar refractivity (Wildman–Crippen MR) is 123 cm³/mol. The molecule has 0 saturated heterocycles. The summed E-state index contributed by atoms with van der Waals surface area (Å²) in [6, 6.07) is 10.6. The van der Waals surface area contributed by atoms with Gasteiger partial charge in [-0.05, 0) is 55.8 Å². The number of hydrogen-bond donors (Lipinski definition) is 0. The maximum absolute atomic E-state index is 13.2. The smallest absolute Gasteiger partial charge is 0.325 e. The minimum absolute atomic E-state index is 0.0762. The van der Waals surface area contributed by atoms with Crippen molar-refractivity contribution in [3.05, 3.63) is 53.6 Å². The first kappa shape index (κ1) is 26.1. The third-order valence-electron chi connectivity index (χ3n) is 5.12. The number of carbonyl (C=O) groups excluding carboxylic acids is 2. The molecule has 180 valence electrons. The van der Waals surface area contributed by atoms with Crippen LogP contribution in [0.5, 0.6) is 11.5 Å². The number of carbonyl (C=O) groups is 2. The topological polar surface area (TPSA) is 102 Å². The molecular weight excluding hydrogens is 448 g/mol. The van der Waals surface area contributed by atoms with Gasteiger partial charge < -0.3 is 19.1 Å². The van der Waals surface area contributed by atoms with Crippen LogP contribution < -0.4 is 9.47 Å². The molecule has 0 N–H and O–H groups in total. The molecule has 0 unspecified atom stereocenters. The van der Waals surface area contributed by atoms with E-state index in [-0.39, 0.29) is 29.6 Å². The Morgan fingerprint density at radius 2 is 1.48 bits per heavy atom. The van der Waals surface area contributed by atoms with E-state index in [2.05, 4.69) is 0 Å². The van der Waals surface area contributed by atoms with Gasteiger partial charge in [-0.2, -0.15) is 4.31 Å². The van der Waals surface area contributed by atoms with Crippen LogP contribution in [0.15, 0.2) is 47.4 Å². The largest absolute Gasteiger partial charge is 0.497 e. The predicted octanol–water partition coefficient (Wildman–Crippen LogP) is 2.55. The third-order valence-corrected chi connectivity index (χ3v) is 7.17. The number of rotatable bonds is 10. The molecule has 10 heteroatoms. The molecule has 1 amide bonds. The van der Waals surface area contributed by atoms with E-state index >= 15 is 0 Å². The first-order valence-corrected chi connectivity index (χ1v) is 11.6. The van der Waals surface area contributed by atoms with Crippen molar-refractivity contribution in [2.24, 2.45) is 0 Å². The number of hydrogen-bond acceptors (Lipinski definition) is 7. The van der Waals surface area contributed by atoms with Gasteiger partial charge in [-0.25, -0.2) is 8.42 Å². The summed E-state index contributed by atoms with van der Waals surface area (Å²) >= 11 is 0. The Bertz CT molecular complexity index is 1060. The van der Waals surface area contributed by atoms with Gasteiger partial charge in [0.2, 0.25) is 10.0 Å². The Morgan fingerprint density at radius 1 is 0.939 bits per heavy atom. The molecule has 33 heavy (non-hydrogen) atoms. The van der Waals surface area contributed by atoms with Gasteiger partial charge in [0.15, 0.2) is 0 Å².